The highest BCUT2D eigenvalue weighted by Crippen LogP contribution is 2.02. The zero-order valence-corrected chi connectivity index (χ0v) is 9.65. The van der Waals surface area contributed by atoms with Crippen LogP contribution in [0, 0.1) is 0 Å². The maximum atomic E-state index is 11.2. The van der Waals surface area contributed by atoms with Crippen LogP contribution in [0.2, 0.25) is 0 Å². The van der Waals surface area contributed by atoms with Gasteiger partial charge in [0.15, 0.2) is 0 Å². The standard InChI is InChI=1S/C8H18N2O3S/c1-8(2,9)6-7(11)10-4-5-14(3,12)13/h4-6,9H2,1-3H3,(H,10,11). The Labute approximate surface area is 85.0 Å². The van der Waals surface area contributed by atoms with E-state index < -0.39 is 15.4 Å². The molecule has 0 aromatic heterocycles. The molecule has 0 atom stereocenters. The summed E-state index contributed by atoms with van der Waals surface area (Å²) in [6.45, 7) is 3.63. The first-order chi connectivity index (χ1) is 6.10. The number of amides is 1. The van der Waals surface area contributed by atoms with Crippen molar-refractivity contribution in [2.24, 2.45) is 5.73 Å². The molecule has 6 heteroatoms. The molecule has 3 N–H and O–H groups in total. The minimum absolute atomic E-state index is 0.0380. The number of carbonyl (C=O) groups is 1. The number of hydrogen-bond donors (Lipinski definition) is 2. The second kappa shape index (κ2) is 4.75. The highest BCUT2D eigenvalue weighted by Gasteiger charge is 2.16. The summed E-state index contributed by atoms with van der Waals surface area (Å²) in [5.41, 5.74) is 5.05. The Kier molecular flexibility index (Phi) is 4.54. The molecule has 0 aliphatic carbocycles. The van der Waals surface area contributed by atoms with Crippen molar-refractivity contribution in [3.05, 3.63) is 0 Å². The Bertz CT molecular complexity index is 290. The molecule has 0 unspecified atom stereocenters. The van der Waals surface area contributed by atoms with Crippen molar-refractivity contribution < 1.29 is 13.2 Å². The minimum Gasteiger partial charge on any atom is -0.355 e. The smallest absolute Gasteiger partial charge is 0.221 e. The van der Waals surface area contributed by atoms with Gasteiger partial charge in [0.25, 0.3) is 0 Å². The van der Waals surface area contributed by atoms with Crippen LogP contribution < -0.4 is 11.1 Å². The average molecular weight is 222 g/mol. The van der Waals surface area contributed by atoms with Gasteiger partial charge in [-0.2, -0.15) is 0 Å². The van der Waals surface area contributed by atoms with E-state index >= 15 is 0 Å². The van der Waals surface area contributed by atoms with Crippen molar-refractivity contribution in [3.8, 4) is 0 Å². The highest BCUT2D eigenvalue weighted by atomic mass is 32.2. The molecule has 0 aromatic carbocycles. The fourth-order valence-electron chi connectivity index (χ4n) is 0.852. The van der Waals surface area contributed by atoms with Gasteiger partial charge < -0.3 is 11.1 Å². The summed E-state index contributed by atoms with van der Waals surface area (Å²) in [5, 5.41) is 2.50. The molecular formula is C8H18N2O3S. The van der Waals surface area contributed by atoms with E-state index in [-0.39, 0.29) is 24.6 Å². The van der Waals surface area contributed by atoms with E-state index in [0.717, 1.165) is 6.26 Å². The van der Waals surface area contributed by atoms with Gasteiger partial charge in [-0.05, 0) is 13.8 Å². The fourth-order valence-corrected chi connectivity index (χ4v) is 1.33. The number of rotatable bonds is 5. The van der Waals surface area contributed by atoms with Crippen LogP contribution in [0.5, 0.6) is 0 Å². The van der Waals surface area contributed by atoms with Crippen molar-refractivity contribution in [2.75, 3.05) is 18.6 Å². The predicted molar refractivity (Wildman–Crippen MR) is 55.6 cm³/mol. The molecule has 0 aromatic rings. The monoisotopic (exact) mass is 222 g/mol. The van der Waals surface area contributed by atoms with Crippen molar-refractivity contribution in [2.45, 2.75) is 25.8 Å². The highest BCUT2D eigenvalue weighted by molar-refractivity contribution is 7.90. The SMILES string of the molecule is CC(C)(N)CC(=O)NCCS(C)(=O)=O. The Morgan fingerprint density at radius 1 is 1.43 bits per heavy atom. The Morgan fingerprint density at radius 2 is 1.93 bits per heavy atom. The lowest BCUT2D eigenvalue weighted by Gasteiger charge is -2.17. The van der Waals surface area contributed by atoms with Crippen molar-refractivity contribution >= 4 is 15.7 Å². The molecule has 0 heterocycles. The van der Waals surface area contributed by atoms with Crippen LogP contribution in [-0.2, 0) is 14.6 Å². The summed E-state index contributed by atoms with van der Waals surface area (Å²) in [6.07, 6.45) is 1.32. The fraction of sp³-hybridized carbons (Fsp3) is 0.875. The molecule has 0 spiro atoms. The first-order valence-corrected chi connectivity index (χ1v) is 6.39. The van der Waals surface area contributed by atoms with Gasteiger partial charge in [0.2, 0.25) is 5.91 Å². The lowest BCUT2D eigenvalue weighted by molar-refractivity contribution is -0.121. The second-order valence-electron chi connectivity index (χ2n) is 4.15. The third-order valence-electron chi connectivity index (χ3n) is 1.41. The largest absolute Gasteiger partial charge is 0.355 e. The molecule has 0 aliphatic rings. The summed E-state index contributed by atoms with van der Waals surface area (Å²) < 4.78 is 21.4. The summed E-state index contributed by atoms with van der Waals surface area (Å²) in [5.74, 6) is -0.259. The summed E-state index contributed by atoms with van der Waals surface area (Å²) in [6, 6.07) is 0. The lowest BCUT2D eigenvalue weighted by atomic mass is 10.0. The van der Waals surface area contributed by atoms with Gasteiger partial charge >= 0.3 is 0 Å². The topological polar surface area (TPSA) is 89.3 Å². The molecule has 0 rings (SSSR count). The molecule has 5 nitrogen and oxygen atoms in total. The predicted octanol–water partition coefficient (Wildman–Crippen LogP) is -0.725. The quantitative estimate of drug-likeness (QED) is 0.642. The van der Waals surface area contributed by atoms with E-state index in [1.807, 2.05) is 0 Å². The van der Waals surface area contributed by atoms with Crippen LogP contribution in [0.3, 0.4) is 0 Å². The Morgan fingerprint density at radius 3 is 2.29 bits per heavy atom. The third kappa shape index (κ3) is 9.47. The van der Waals surface area contributed by atoms with E-state index in [0.29, 0.717) is 0 Å². The van der Waals surface area contributed by atoms with Crippen LogP contribution in [0.25, 0.3) is 0 Å². The molecule has 1 amide bonds. The normalized spacial score (nSPS) is 12.6. The van der Waals surface area contributed by atoms with Gasteiger partial charge in [-0.15, -0.1) is 0 Å². The van der Waals surface area contributed by atoms with Gasteiger partial charge in [0.1, 0.15) is 9.84 Å². The van der Waals surface area contributed by atoms with Gasteiger partial charge in [0, 0.05) is 24.8 Å². The zero-order chi connectivity index (χ0) is 11.4. The van der Waals surface area contributed by atoms with Crippen LogP contribution in [0.15, 0.2) is 0 Å². The lowest BCUT2D eigenvalue weighted by Crippen LogP contribution is -2.40. The number of sulfone groups is 1. The van der Waals surface area contributed by atoms with Crippen LogP contribution >= 0.6 is 0 Å². The van der Waals surface area contributed by atoms with Crippen LogP contribution in [0.1, 0.15) is 20.3 Å². The number of hydrogen-bond acceptors (Lipinski definition) is 4. The molecular weight excluding hydrogens is 204 g/mol. The minimum atomic E-state index is -3.01. The van der Waals surface area contributed by atoms with E-state index in [9.17, 15) is 13.2 Å². The maximum absolute atomic E-state index is 11.2. The Hall–Kier alpha value is -0.620. The molecule has 0 aliphatic heterocycles. The van der Waals surface area contributed by atoms with E-state index in [4.69, 9.17) is 5.73 Å². The molecule has 0 saturated carbocycles. The van der Waals surface area contributed by atoms with Gasteiger partial charge in [-0.25, -0.2) is 8.42 Å². The van der Waals surface area contributed by atoms with Crippen LogP contribution in [0.4, 0.5) is 0 Å². The average Bonchev–Trinajstić information content (AvgIpc) is 1.78. The van der Waals surface area contributed by atoms with Gasteiger partial charge in [-0.3, -0.25) is 4.79 Å². The van der Waals surface area contributed by atoms with E-state index in [1.54, 1.807) is 13.8 Å². The van der Waals surface area contributed by atoms with Crippen LogP contribution in [-0.4, -0.2) is 38.4 Å². The molecule has 84 valence electrons. The molecule has 0 fully saturated rings. The van der Waals surface area contributed by atoms with Gasteiger partial charge in [-0.1, -0.05) is 0 Å². The van der Waals surface area contributed by atoms with Crippen molar-refractivity contribution in [1.82, 2.24) is 5.32 Å². The first kappa shape index (κ1) is 13.4. The number of nitrogens with one attached hydrogen (secondary N) is 1. The number of nitrogens with two attached hydrogens (primary N) is 1. The zero-order valence-electron chi connectivity index (χ0n) is 8.83. The third-order valence-corrected chi connectivity index (χ3v) is 2.36. The maximum Gasteiger partial charge on any atom is 0.221 e. The summed E-state index contributed by atoms with van der Waals surface area (Å²) in [4.78, 5) is 11.2. The second-order valence-corrected chi connectivity index (χ2v) is 6.40. The summed E-state index contributed by atoms with van der Waals surface area (Å²) >= 11 is 0. The molecule has 0 bridgehead atoms. The van der Waals surface area contributed by atoms with Crippen molar-refractivity contribution in [3.63, 3.8) is 0 Å². The van der Waals surface area contributed by atoms with E-state index in [2.05, 4.69) is 5.32 Å². The Balaban J connectivity index is 3.77. The summed E-state index contributed by atoms with van der Waals surface area (Å²) in [7, 11) is -3.01. The van der Waals surface area contributed by atoms with E-state index in [1.165, 1.54) is 0 Å². The molecule has 0 saturated heterocycles. The molecule has 14 heavy (non-hydrogen) atoms. The van der Waals surface area contributed by atoms with Crippen molar-refractivity contribution in [1.29, 1.82) is 0 Å². The first-order valence-electron chi connectivity index (χ1n) is 4.33. The van der Waals surface area contributed by atoms with Gasteiger partial charge in [0.05, 0.1) is 5.75 Å². The number of carbonyl (C=O) groups excluding carboxylic acids is 1. The molecule has 0 radical (unpaired) electrons.